The fraction of sp³-hybridized carbons (Fsp3) is 0.125. The van der Waals surface area contributed by atoms with Crippen molar-refractivity contribution < 1.29 is 4.79 Å². The van der Waals surface area contributed by atoms with Gasteiger partial charge in [-0.15, -0.1) is 0 Å². The average molecular weight is 472 g/mol. The number of benzene rings is 2. The summed E-state index contributed by atoms with van der Waals surface area (Å²) in [5.41, 5.74) is 5.18. The lowest BCUT2D eigenvalue weighted by Gasteiger charge is -2.06. The van der Waals surface area contributed by atoms with Gasteiger partial charge in [0.15, 0.2) is 0 Å². The molecule has 1 amide bonds. The maximum Gasteiger partial charge on any atom is 0.259 e. The van der Waals surface area contributed by atoms with Crippen LogP contribution in [0.2, 0.25) is 0 Å². The molecular weight excluding hydrogens is 457 g/mol. The number of nitrogens with zero attached hydrogens (tertiary/aromatic N) is 1. The standard InChI is InChI=1S/C16H15BrIN3O/c1-11(12-2-4-13(17)5-3-12)20-21-16(22)10-19-15-8-6-14(18)7-9-15/h2-9,19H,10H2,1H3,(H,21,22)/b20-11-. The number of halogens is 2. The first-order chi connectivity index (χ1) is 10.5. The van der Waals surface area contributed by atoms with Crippen molar-refractivity contribution in [2.24, 2.45) is 5.10 Å². The van der Waals surface area contributed by atoms with Gasteiger partial charge in [-0.3, -0.25) is 4.79 Å². The number of hydrogen-bond donors (Lipinski definition) is 2. The predicted octanol–water partition coefficient (Wildman–Crippen LogP) is 4.01. The summed E-state index contributed by atoms with van der Waals surface area (Å²) in [4.78, 5) is 11.8. The van der Waals surface area contributed by atoms with E-state index in [4.69, 9.17) is 0 Å². The monoisotopic (exact) mass is 471 g/mol. The smallest absolute Gasteiger partial charge is 0.259 e. The van der Waals surface area contributed by atoms with Crippen molar-refractivity contribution in [1.82, 2.24) is 5.43 Å². The van der Waals surface area contributed by atoms with Crippen molar-refractivity contribution in [2.75, 3.05) is 11.9 Å². The first-order valence-corrected chi connectivity index (χ1v) is 8.50. The van der Waals surface area contributed by atoms with Crippen molar-refractivity contribution in [3.8, 4) is 0 Å². The molecule has 4 nitrogen and oxygen atoms in total. The minimum atomic E-state index is -0.185. The molecule has 0 atom stereocenters. The second-order valence-electron chi connectivity index (χ2n) is 4.60. The summed E-state index contributed by atoms with van der Waals surface area (Å²) < 4.78 is 2.16. The minimum Gasteiger partial charge on any atom is -0.376 e. The molecular formula is C16H15BrIN3O. The molecule has 0 aliphatic rings. The van der Waals surface area contributed by atoms with Crippen molar-refractivity contribution in [1.29, 1.82) is 0 Å². The Kier molecular flexibility index (Phi) is 6.38. The number of hydrogen-bond acceptors (Lipinski definition) is 3. The second kappa shape index (κ2) is 8.28. The second-order valence-corrected chi connectivity index (χ2v) is 6.76. The Labute approximate surface area is 151 Å². The SMILES string of the molecule is C/C(=N/NC(=O)CNc1ccc(I)cc1)c1ccc(Br)cc1. The summed E-state index contributed by atoms with van der Waals surface area (Å²) >= 11 is 5.62. The maximum absolute atomic E-state index is 11.8. The molecule has 0 spiro atoms. The average Bonchev–Trinajstić information content (AvgIpc) is 2.52. The fourth-order valence-corrected chi connectivity index (χ4v) is 2.32. The van der Waals surface area contributed by atoms with E-state index in [0.717, 1.165) is 25.0 Å². The third kappa shape index (κ3) is 5.42. The van der Waals surface area contributed by atoms with Crippen molar-refractivity contribution >= 4 is 55.8 Å². The van der Waals surface area contributed by atoms with Crippen LogP contribution in [-0.2, 0) is 4.79 Å². The van der Waals surface area contributed by atoms with E-state index in [1.165, 1.54) is 0 Å². The Morgan fingerprint density at radius 3 is 2.41 bits per heavy atom. The van der Waals surface area contributed by atoms with Crippen molar-refractivity contribution in [3.05, 3.63) is 62.1 Å². The highest BCUT2D eigenvalue weighted by molar-refractivity contribution is 14.1. The van der Waals surface area contributed by atoms with Crippen LogP contribution in [0.4, 0.5) is 5.69 Å². The van der Waals surface area contributed by atoms with Crippen LogP contribution in [0.25, 0.3) is 0 Å². The van der Waals surface area contributed by atoms with Crippen LogP contribution in [0.5, 0.6) is 0 Å². The summed E-state index contributed by atoms with van der Waals surface area (Å²) in [6.07, 6.45) is 0. The zero-order valence-electron chi connectivity index (χ0n) is 11.9. The Balaban J connectivity index is 1.85. The highest BCUT2D eigenvalue weighted by Crippen LogP contribution is 2.11. The number of hydrazone groups is 1. The molecule has 2 rings (SSSR count). The summed E-state index contributed by atoms with van der Waals surface area (Å²) in [5, 5.41) is 7.16. The van der Waals surface area contributed by atoms with Crippen molar-refractivity contribution in [3.63, 3.8) is 0 Å². The van der Waals surface area contributed by atoms with Gasteiger partial charge in [-0.1, -0.05) is 28.1 Å². The van der Waals surface area contributed by atoms with Crippen LogP contribution in [0.3, 0.4) is 0 Å². The Morgan fingerprint density at radius 1 is 1.14 bits per heavy atom. The van der Waals surface area contributed by atoms with Crippen LogP contribution in [0.15, 0.2) is 58.1 Å². The van der Waals surface area contributed by atoms with Gasteiger partial charge in [-0.2, -0.15) is 5.10 Å². The molecule has 0 heterocycles. The van der Waals surface area contributed by atoms with Crippen molar-refractivity contribution in [2.45, 2.75) is 6.92 Å². The highest BCUT2D eigenvalue weighted by Gasteiger charge is 2.02. The zero-order valence-corrected chi connectivity index (χ0v) is 15.7. The van der Waals surface area contributed by atoms with Gasteiger partial charge in [-0.05, 0) is 71.5 Å². The Hall–Kier alpha value is -1.41. The van der Waals surface area contributed by atoms with Crippen LogP contribution >= 0.6 is 38.5 Å². The summed E-state index contributed by atoms with van der Waals surface area (Å²) in [6.45, 7) is 2.04. The Morgan fingerprint density at radius 2 is 1.77 bits per heavy atom. The van der Waals surface area contributed by atoms with E-state index in [2.05, 4.69) is 54.4 Å². The van der Waals surface area contributed by atoms with Gasteiger partial charge >= 0.3 is 0 Å². The van der Waals surface area contributed by atoms with E-state index < -0.39 is 0 Å². The Bertz CT molecular complexity index is 669. The molecule has 0 aliphatic carbocycles. The van der Waals surface area contributed by atoms with Gasteiger partial charge in [0.2, 0.25) is 0 Å². The van der Waals surface area contributed by atoms with Gasteiger partial charge in [0.05, 0.1) is 12.3 Å². The van der Waals surface area contributed by atoms with E-state index in [0.29, 0.717) is 0 Å². The number of rotatable bonds is 5. The normalized spacial score (nSPS) is 11.1. The molecule has 0 bridgehead atoms. The first-order valence-electron chi connectivity index (χ1n) is 6.63. The summed E-state index contributed by atoms with van der Waals surface area (Å²) in [7, 11) is 0. The van der Waals surface area contributed by atoms with Crippen LogP contribution in [-0.4, -0.2) is 18.2 Å². The molecule has 0 fully saturated rings. The molecule has 22 heavy (non-hydrogen) atoms. The van der Waals surface area contributed by atoms with Gasteiger partial charge in [0, 0.05) is 13.7 Å². The lowest BCUT2D eigenvalue weighted by Crippen LogP contribution is -2.26. The largest absolute Gasteiger partial charge is 0.376 e. The van der Waals surface area contributed by atoms with Gasteiger partial charge in [-0.25, -0.2) is 5.43 Å². The molecule has 114 valence electrons. The molecule has 2 aromatic carbocycles. The maximum atomic E-state index is 11.8. The van der Waals surface area contributed by atoms with E-state index in [9.17, 15) is 4.79 Å². The van der Waals surface area contributed by atoms with E-state index in [1.807, 2.05) is 55.5 Å². The summed E-state index contributed by atoms with van der Waals surface area (Å²) in [5.74, 6) is -0.185. The fourth-order valence-electron chi connectivity index (χ4n) is 1.69. The van der Waals surface area contributed by atoms with Gasteiger partial charge in [0.1, 0.15) is 0 Å². The van der Waals surface area contributed by atoms with E-state index in [-0.39, 0.29) is 12.5 Å². The highest BCUT2D eigenvalue weighted by atomic mass is 127. The topological polar surface area (TPSA) is 53.5 Å². The third-order valence-corrected chi connectivity index (χ3v) is 4.16. The zero-order chi connectivity index (χ0) is 15.9. The van der Waals surface area contributed by atoms with Crippen LogP contribution in [0, 0.1) is 3.57 Å². The van der Waals surface area contributed by atoms with Crippen LogP contribution < -0.4 is 10.7 Å². The number of carbonyl (C=O) groups excluding carboxylic acids is 1. The number of anilines is 1. The van der Waals surface area contributed by atoms with E-state index >= 15 is 0 Å². The molecule has 0 saturated heterocycles. The third-order valence-electron chi connectivity index (χ3n) is 2.91. The molecule has 0 saturated carbocycles. The number of amides is 1. The molecule has 2 N–H and O–H groups in total. The molecule has 0 radical (unpaired) electrons. The van der Waals surface area contributed by atoms with Crippen LogP contribution in [0.1, 0.15) is 12.5 Å². The first kappa shape index (κ1) is 17.0. The number of carbonyl (C=O) groups is 1. The molecule has 0 unspecified atom stereocenters. The molecule has 2 aromatic rings. The van der Waals surface area contributed by atoms with Gasteiger partial charge < -0.3 is 5.32 Å². The predicted molar refractivity (Wildman–Crippen MR) is 102 cm³/mol. The van der Waals surface area contributed by atoms with E-state index in [1.54, 1.807) is 0 Å². The molecule has 6 heteroatoms. The summed E-state index contributed by atoms with van der Waals surface area (Å²) in [6, 6.07) is 15.6. The molecule has 0 aliphatic heterocycles. The quantitative estimate of drug-likeness (QED) is 0.393. The number of nitrogens with one attached hydrogen (secondary N) is 2. The minimum absolute atomic E-state index is 0.178. The van der Waals surface area contributed by atoms with Gasteiger partial charge in [0.25, 0.3) is 5.91 Å². The lowest BCUT2D eigenvalue weighted by molar-refractivity contribution is -0.119. The lowest BCUT2D eigenvalue weighted by atomic mass is 10.1. The molecule has 0 aromatic heterocycles.